The zero-order valence-electron chi connectivity index (χ0n) is 16.8. The molecule has 0 bridgehead atoms. The summed E-state index contributed by atoms with van der Waals surface area (Å²) in [7, 11) is 0. The smallest absolute Gasteiger partial charge is 0.191 e. The number of guanidine groups is 1. The molecule has 0 amide bonds. The highest BCUT2D eigenvalue weighted by atomic mass is 127. The standard InChI is InChI=1S/C20H36N4OS.HI/c1-2-21-19(22-10-8-18-6-4-3-5-7-18)23-16-20(9-15-26-17-20)24-11-13-25-14-12-24;/h6H,2-5,7-17H2,1H3,(H2,21,22,23);1H. The van der Waals surface area contributed by atoms with Crippen LogP contribution in [0.4, 0.5) is 0 Å². The van der Waals surface area contributed by atoms with Crippen LogP contribution in [0.25, 0.3) is 0 Å². The number of hydrogen-bond acceptors (Lipinski definition) is 4. The quantitative estimate of drug-likeness (QED) is 0.239. The van der Waals surface area contributed by atoms with Crippen molar-refractivity contribution in [3.8, 4) is 0 Å². The highest BCUT2D eigenvalue weighted by Gasteiger charge is 2.40. The second-order valence-electron chi connectivity index (χ2n) is 7.61. The molecule has 1 atom stereocenters. The number of nitrogens with zero attached hydrogens (tertiary/aromatic N) is 2. The van der Waals surface area contributed by atoms with Gasteiger partial charge < -0.3 is 15.4 Å². The minimum absolute atomic E-state index is 0. The molecule has 2 fully saturated rings. The van der Waals surface area contributed by atoms with Crippen molar-refractivity contribution in [1.82, 2.24) is 15.5 Å². The lowest BCUT2D eigenvalue weighted by atomic mass is 9.96. The van der Waals surface area contributed by atoms with Crippen LogP contribution < -0.4 is 10.6 Å². The fraction of sp³-hybridized carbons (Fsp3) is 0.850. The number of hydrogen-bond donors (Lipinski definition) is 2. The van der Waals surface area contributed by atoms with Gasteiger partial charge in [0.2, 0.25) is 0 Å². The Morgan fingerprint density at radius 1 is 1.30 bits per heavy atom. The predicted molar refractivity (Wildman–Crippen MR) is 128 cm³/mol. The Kier molecular flexibility index (Phi) is 10.8. The first-order valence-corrected chi connectivity index (χ1v) is 11.6. The average molecular weight is 509 g/mol. The summed E-state index contributed by atoms with van der Waals surface area (Å²) in [4.78, 5) is 7.64. The Morgan fingerprint density at radius 3 is 2.81 bits per heavy atom. The molecular formula is C20H37IN4OS. The molecule has 2 aliphatic heterocycles. The van der Waals surface area contributed by atoms with Gasteiger partial charge in [-0.05, 0) is 51.2 Å². The van der Waals surface area contributed by atoms with Gasteiger partial charge in [-0.25, -0.2) is 0 Å². The van der Waals surface area contributed by atoms with Gasteiger partial charge in [0.15, 0.2) is 5.96 Å². The van der Waals surface area contributed by atoms with Gasteiger partial charge in [-0.1, -0.05) is 11.6 Å². The van der Waals surface area contributed by atoms with Crippen LogP contribution in [-0.2, 0) is 4.74 Å². The van der Waals surface area contributed by atoms with Crippen molar-refractivity contribution < 1.29 is 4.74 Å². The number of ether oxygens (including phenoxy) is 1. The van der Waals surface area contributed by atoms with E-state index in [2.05, 4.69) is 40.3 Å². The van der Waals surface area contributed by atoms with Crippen LogP contribution in [0.3, 0.4) is 0 Å². The maximum Gasteiger partial charge on any atom is 0.191 e. The van der Waals surface area contributed by atoms with E-state index in [9.17, 15) is 0 Å². The van der Waals surface area contributed by atoms with E-state index >= 15 is 0 Å². The Hall–Kier alpha value is 0.01000. The Labute approximate surface area is 186 Å². The Bertz CT molecular complexity index is 488. The van der Waals surface area contributed by atoms with Crippen molar-refractivity contribution >= 4 is 41.7 Å². The molecule has 27 heavy (non-hydrogen) atoms. The van der Waals surface area contributed by atoms with E-state index in [1.165, 1.54) is 43.6 Å². The van der Waals surface area contributed by atoms with Crippen LogP contribution >= 0.6 is 35.7 Å². The highest BCUT2D eigenvalue weighted by molar-refractivity contribution is 14.0. The number of aliphatic imine (C=N–C) groups is 1. The number of allylic oxidation sites excluding steroid dienone is 1. The van der Waals surface area contributed by atoms with E-state index in [0.29, 0.717) is 0 Å². The van der Waals surface area contributed by atoms with Crippen LogP contribution in [0.2, 0.25) is 0 Å². The number of halogens is 1. The van der Waals surface area contributed by atoms with Gasteiger partial charge in [-0.3, -0.25) is 9.89 Å². The van der Waals surface area contributed by atoms with Crippen LogP contribution in [0.15, 0.2) is 16.6 Å². The second-order valence-corrected chi connectivity index (χ2v) is 8.71. The molecule has 156 valence electrons. The molecule has 0 saturated carbocycles. The molecule has 0 spiro atoms. The zero-order valence-corrected chi connectivity index (χ0v) is 19.9. The minimum Gasteiger partial charge on any atom is -0.379 e. The summed E-state index contributed by atoms with van der Waals surface area (Å²) in [5.74, 6) is 3.43. The van der Waals surface area contributed by atoms with E-state index in [0.717, 1.165) is 58.3 Å². The molecule has 1 aliphatic carbocycles. The predicted octanol–water partition coefficient (Wildman–Crippen LogP) is 3.26. The first-order chi connectivity index (χ1) is 12.8. The van der Waals surface area contributed by atoms with Crippen molar-refractivity contribution in [2.45, 2.75) is 51.0 Å². The lowest BCUT2D eigenvalue weighted by Gasteiger charge is -2.42. The number of morpholine rings is 1. The molecule has 7 heteroatoms. The van der Waals surface area contributed by atoms with Crippen molar-refractivity contribution in [2.24, 2.45) is 4.99 Å². The maximum atomic E-state index is 5.56. The van der Waals surface area contributed by atoms with Crippen LogP contribution in [0.5, 0.6) is 0 Å². The summed E-state index contributed by atoms with van der Waals surface area (Å²) in [5, 5.41) is 6.99. The second kappa shape index (κ2) is 12.5. The van der Waals surface area contributed by atoms with Gasteiger partial charge in [-0.15, -0.1) is 24.0 Å². The molecule has 1 unspecified atom stereocenters. The largest absolute Gasteiger partial charge is 0.379 e. The molecule has 2 N–H and O–H groups in total. The van der Waals surface area contributed by atoms with E-state index in [1.807, 2.05) is 0 Å². The van der Waals surface area contributed by atoms with Crippen molar-refractivity contribution in [2.75, 3.05) is 57.4 Å². The summed E-state index contributed by atoms with van der Waals surface area (Å²) in [5.41, 5.74) is 1.85. The molecule has 5 nitrogen and oxygen atoms in total. The minimum atomic E-state index is 0. The summed E-state index contributed by atoms with van der Waals surface area (Å²) in [6.07, 6.45) is 10.1. The van der Waals surface area contributed by atoms with Crippen molar-refractivity contribution in [3.63, 3.8) is 0 Å². The molecule has 2 heterocycles. The maximum absolute atomic E-state index is 5.56. The molecule has 3 rings (SSSR count). The monoisotopic (exact) mass is 508 g/mol. The first-order valence-electron chi connectivity index (χ1n) is 10.4. The van der Waals surface area contributed by atoms with Gasteiger partial charge in [0.25, 0.3) is 0 Å². The Balaban J connectivity index is 0.00000261. The van der Waals surface area contributed by atoms with Crippen LogP contribution in [0, 0.1) is 0 Å². The average Bonchev–Trinajstić information content (AvgIpc) is 3.18. The normalized spacial score (nSPS) is 27.0. The molecule has 2 saturated heterocycles. The fourth-order valence-corrected chi connectivity index (χ4v) is 5.62. The molecule has 3 aliphatic rings. The summed E-state index contributed by atoms with van der Waals surface area (Å²) in [6.45, 7) is 8.75. The summed E-state index contributed by atoms with van der Waals surface area (Å²) >= 11 is 2.08. The number of rotatable bonds is 7. The van der Waals surface area contributed by atoms with E-state index in [1.54, 1.807) is 5.57 Å². The number of nitrogens with one attached hydrogen (secondary N) is 2. The van der Waals surface area contributed by atoms with Crippen molar-refractivity contribution in [1.29, 1.82) is 0 Å². The fourth-order valence-electron chi connectivity index (χ4n) is 4.15. The molecular weight excluding hydrogens is 471 g/mol. The molecule has 0 radical (unpaired) electrons. The van der Waals surface area contributed by atoms with Crippen LogP contribution in [-0.4, -0.2) is 73.8 Å². The summed E-state index contributed by atoms with van der Waals surface area (Å²) < 4.78 is 5.56. The van der Waals surface area contributed by atoms with Crippen LogP contribution in [0.1, 0.15) is 45.4 Å². The van der Waals surface area contributed by atoms with Gasteiger partial charge in [-0.2, -0.15) is 11.8 Å². The highest BCUT2D eigenvalue weighted by Crippen LogP contribution is 2.34. The lowest BCUT2D eigenvalue weighted by molar-refractivity contribution is -0.0104. The van der Waals surface area contributed by atoms with E-state index in [4.69, 9.17) is 9.73 Å². The SMILES string of the molecule is CCNC(=NCC1(N2CCOCC2)CCSC1)NCCC1=CCCCC1.I. The van der Waals surface area contributed by atoms with Crippen molar-refractivity contribution in [3.05, 3.63) is 11.6 Å². The topological polar surface area (TPSA) is 48.9 Å². The van der Waals surface area contributed by atoms with Gasteiger partial charge >= 0.3 is 0 Å². The molecule has 0 aromatic rings. The third kappa shape index (κ3) is 7.08. The van der Waals surface area contributed by atoms with E-state index in [-0.39, 0.29) is 29.5 Å². The summed E-state index contributed by atoms with van der Waals surface area (Å²) in [6, 6.07) is 0. The molecule has 0 aromatic carbocycles. The number of thioether (sulfide) groups is 1. The Morgan fingerprint density at radius 2 is 2.15 bits per heavy atom. The third-order valence-electron chi connectivity index (χ3n) is 5.76. The van der Waals surface area contributed by atoms with Gasteiger partial charge in [0.05, 0.1) is 25.3 Å². The third-order valence-corrected chi connectivity index (χ3v) is 7.00. The zero-order chi connectivity index (χ0) is 18.1. The van der Waals surface area contributed by atoms with Gasteiger partial charge in [0, 0.05) is 31.9 Å². The van der Waals surface area contributed by atoms with E-state index < -0.39 is 0 Å². The molecule has 0 aromatic heterocycles. The first kappa shape index (κ1) is 23.3. The van der Waals surface area contributed by atoms with Gasteiger partial charge in [0.1, 0.15) is 0 Å². The lowest BCUT2D eigenvalue weighted by Crippen LogP contribution is -2.56.